The van der Waals surface area contributed by atoms with E-state index in [9.17, 15) is 9.18 Å². The molecule has 0 aliphatic heterocycles. The molecule has 0 spiro atoms. The monoisotopic (exact) mass is 323 g/mol. The minimum absolute atomic E-state index is 0.0604. The van der Waals surface area contributed by atoms with Crippen molar-refractivity contribution < 1.29 is 9.18 Å². The average Bonchev–Trinajstić information content (AvgIpc) is 2.59. The summed E-state index contributed by atoms with van der Waals surface area (Å²) in [6, 6.07) is 6.67. The van der Waals surface area contributed by atoms with Crippen LogP contribution in [0, 0.1) is 35.4 Å². The second kappa shape index (κ2) is 7.42. The molecule has 2 N–H and O–H groups in total. The van der Waals surface area contributed by atoms with E-state index in [0.29, 0.717) is 5.69 Å². The van der Waals surface area contributed by atoms with E-state index in [-0.39, 0.29) is 17.1 Å². The Balaban J connectivity index is 2.13. The standard InChI is InChI=1S/C15H10FN7O/c1-9-7-20-14(8-19-9)21-15(24)10-2-3-13(12(16)4-10)23-22-11(5-17)6-18/h2-4,7-8,23H,1H3,(H,20,21,24). The van der Waals surface area contributed by atoms with Crippen molar-refractivity contribution in [1.82, 2.24) is 9.97 Å². The minimum atomic E-state index is -0.767. The third kappa shape index (κ3) is 4.08. The fraction of sp³-hybridized carbons (Fsp3) is 0.0667. The molecule has 0 bridgehead atoms. The summed E-state index contributed by atoms with van der Waals surface area (Å²) in [6.45, 7) is 1.76. The van der Waals surface area contributed by atoms with Crippen LogP contribution >= 0.6 is 0 Å². The maximum absolute atomic E-state index is 14.0. The molecule has 1 aromatic heterocycles. The highest BCUT2D eigenvalue weighted by molar-refractivity contribution is 6.10. The first-order chi connectivity index (χ1) is 11.5. The van der Waals surface area contributed by atoms with Gasteiger partial charge in [0.1, 0.15) is 18.0 Å². The average molecular weight is 323 g/mol. The number of carbonyl (C=O) groups excluding carboxylic acids is 1. The van der Waals surface area contributed by atoms with Gasteiger partial charge in [0.15, 0.2) is 5.82 Å². The van der Waals surface area contributed by atoms with Crippen molar-refractivity contribution in [3.63, 3.8) is 0 Å². The Hall–Kier alpha value is -3.85. The molecule has 2 rings (SSSR count). The molecule has 118 valence electrons. The number of benzene rings is 1. The highest BCUT2D eigenvalue weighted by atomic mass is 19.1. The van der Waals surface area contributed by atoms with E-state index in [1.165, 1.54) is 36.7 Å². The number of nitriles is 2. The Kier molecular flexibility index (Phi) is 5.11. The Morgan fingerprint density at radius 1 is 1.25 bits per heavy atom. The summed E-state index contributed by atoms with van der Waals surface area (Å²) < 4.78 is 14.0. The zero-order valence-electron chi connectivity index (χ0n) is 12.4. The van der Waals surface area contributed by atoms with Gasteiger partial charge in [-0.25, -0.2) is 9.37 Å². The van der Waals surface area contributed by atoms with Crippen LogP contribution in [0.4, 0.5) is 15.9 Å². The number of rotatable bonds is 4. The third-order valence-electron chi connectivity index (χ3n) is 2.75. The molecule has 0 atom stereocenters. The van der Waals surface area contributed by atoms with Gasteiger partial charge in [-0.1, -0.05) is 0 Å². The number of carbonyl (C=O) groups is 1. The number of hydrazone groups is 1. The van der Waals surface area contributed by atoms with E-state index < -0.39 is 17.4 Å². The van der Waals surface area contributed by atoms with Crippen molar-refractivity contribution in [1.29, 1.82) is 10.5 Å². The van der Waals surface area contributed by atoms with Gasteiger partial charge in [-0.15, -0.1) is 0 Å². The lowest BCUT2D eigenvalue weighted by Gasteiger charge is -2.06. The van der Waals surface area contributed by atoms with Crippen LogP contribution in [0.5, 0.6) is 0 Å². The van der Waals surface area contributed by atoms with Crippen LogP contribution in [0.2, 0.25) is 0 Å². The number of anilines is 2. The minimum Gasteiger partial charge on any atom is -0.305 e. The predicted octanol–water partition coefficient (Wildman–Crippen LogP) is 1.99. The summed E-state index contributed by atoms with van der Waals surface area (Å²) in [7, 11) is 0. The zero-order valence-corrected chi connectivity index (χ0v) is 12.4. The largest absolute Gasteiger partial charge is 0.305 e. The maximum atomic E-state index is 14.0. The maximum Gasteiger partial charge on any atom is 0.256 e. The predicted molar refractivity (Wildman–Crippen MR) is 83.4 cm³/mol. The molecule has 24 heavy (non-hydrogen) atoms. The molecule has 1 amide bonds. The Morgan fingerprint density at radius 2 is 2.00 bits per heavy atom. The van der Waals surface area contributed by atoms with Gasteiger partial charge in [-0.05, 0) is 25.1 Å². The molecule has 0 aliphatic rings. The summed E-state index contributed by atoms with van der Waals surface area (Å²) in [5.41, 5.74) is 2.48. The van der Waals surface area contributed by atoms with Crippen LogP contribution in [-0.4, -0.2) is 21.6 Å². The molecule has 9 heteroatoms. The topological polar surface area (TPSA) is 127 Å². The van der Waals surface area contributed by atoms with Crippen LogP contribution in [0.25, 0.3) is 0 Å². The molecular weight excluding hydrogens is 313 g/mol. The highest BCUT2D eigenvalue weighted by Gasteiger charge is 2.11. The fourth-order valence-corrected chi connectivity index (χ4v) is 1.58. The number of nitrogens with zero attached hydrogens (tertiary/aromatic N) is 5. The fourth-order valence-electron chi connectivity index (χ4n) is 1.58. The van der Waals surface area contributed by atoms with E-state index in [0.717, 1.165) is 6.07 Å². The van der Waals surface area contributed by atoms with Gasteiger partial charge in [0.25, 0.3) is 5.91 Å². The molecule has 1 heterocycles. The molecule has 0 unspecified atom stereocenters. The van der Waals surface area contributed by atoms with E-state index >= 15 is 0 Å². The van der Waals surface area contributed by atoms with Gasteiger partial charge in [0.2, 0.25) is 5.71 Å². The Morgan fingerprint density at radius 3 is 2.58 bits per heavy atom. The highest BCUT2D eigenvalue weighted by Crippen LogP contribution is 2.16. The summed E-state index contributed by atoms with van der Waals surface area (Å²) in [5, 5.41) is 23.0. The van der Waals surface area contributed by atoms with Crippen molar-refractivity contribution in [2.45, 2.75) is 6.92 Å². The second-order valence-electron chi connectivity index (χ2n) is 4.49. The first-order valence-electron chi connectivity index (χ1n) is 6.57. The molecule has 8 nitrogen and oxygen atoms in total. The number of hydrogen-bond acceptors (Lipinski definition) is 7. The SMILES string of the molecule is Cc1cnc(NC(=O)c2ccc(NN=C(C#N)C#N)c(F)c2)cn1. The van der Waals surface area contributed by atoms with Crippen molar-refractivity contribution in [2.75, 3.05) is 10.7 Å². The van der Waals surface area contributed by atoms with Crippen molar-refractivity contribution >= 4 is 23.1 Å². The summed E-state index contributed by atoms with van der Waals surface area (Å²) in [6.07, 6.45) is 2.88. The first-order valence-corrected chi connectivity index (χ1v) is 6.57. The number of aromatic nitrogens is 2. The van der Waals surface area contributed by atoms with Gasteiger partial charge in [-0.2, -0.15) is 15.6 Å². The summed E-state index contributed by atoms with van der Waals surface area (Å²) in [4.78, 5) is 20.0. The van der Waals surface area contributed by atoms with Crippen LogP contribution in [0.3, 0.4) is 0 Å². The van der Waals surface area contributed by atoms with Crippen LogP contribution in [-0.2, 0) is 0 Å². The zero-order chi connectivity index (χ0) is 17.5. The smallest absolute Gasteiger partial charge is 0.256 e. The lowest BCUT2D eigenvalue weighted by Crippen LogP contribution is -2.13. The third-order valence-corrected chi connectivity index (χ3v) is 2.75. The van der Waals surface area contributed by atoms with Crippen LogP contribution in [0.1, 0.15) is 16.1 Å². The Labute approximate surface area is 136 Å². The van der Waals surface area contributed by atoms with Crippen LogP contribution < -0.4 is 10.7 Å². The quantitative estimate of drug-likeness (QED) is 0.654. The van der Waals surface area contributed by atoms with Crippen molar-refractivity contribution in [2.24, 2.45) is 5.10 Å². The first kappa shape index (κ1) is 16.5. The number of hydrogen-bond donors (Lipinski definition) is 2. The number of halogens is 1. The Bertz CT molecular complexity index is 862. The van der Waals surface area contributed by atoms with E-state index in [1.807, 2.05) is 0 Å². The molecule has 0 aliphatic carbocycles. The molecular formula is C15H10FN7O. The molecule has 1 aromatic carbocycles. The van der Waals surface area contributed by atoms with Gasteiger partial charge < -0.3 is 5.32 Å². The van der Waals surface area contributed by atoms with E-state index in [2.05, 4.69) is 25.8 Å². The van der Waals surface area contributed by atoms with Crippen molar-refractivity contribution in [3.8, 4) is 12.1 Å². The van der Waals surface area contributed by atoms with Crippen molar-refractivity contribution in [3.05, 3.63) is 47.7 Å². The van der Waals surface area contributed by atoms with Gasteiger partial charge in [0.05, 0.1) is 23.8 Å². The number of aryl methyl sites for hydroxylation is 1. The van der Waals surface area contributed by atoms with Gasteiger partial charge >= 0.3 is 0 Å². The molecule has 0 fully saturated rings. The molecule has 0 radical (unpaired) electrons. The van der Waals surface area contributed by atoms with Gasteiger partial charge in [0, 0.05) is 5.56 Å². The second-order valence-corrected chi connectivity index (χ2v) is 4.49. The molecule has 2 aromatic rings. The summed E-state index contributed by atoms with van der Waals surface area (Å²) in [5.74, 6) is -1.08. The van der Waals surface area contributed by atoms with E-state index in [4.69, 9.17) is 10.5 Å². The molecule has 0 saturated carbocycles. The molecule has 0 saturated heterocycles. The lowest BCUT2D eigenvalue weighted by atomic mass is 10.2. The summed E-state index contributed by atoms with van der Waals surface area (Å²) >= 11 is 0. The lowest BCUT2D eigenvalue weighted by molar-refractivity contribution is 0.102. The normalized spacial score (nSPS) is 9.33. The number of nitrogens with one attached hydrogen (secondary N) is 2. The van der Waals surface area contributed by atoms with Gasteiger partial charge in [-0.3, -0.25) is 15.2 Å². The van der Waals surface area contributed by atoms with E-state index in [1.54, 1.807) is 6.92 Å². The van der Waals surface area contributed by atoms with Crippen LogP contribution in [0.15, 0.2) is 35.7 Å². The number of amides is 1.